The summed E-state index contributed by atoms with van der Waals surface area (Å²) < 4.78 is 13.5. The van der Waals surface area contributed by atoms with E-state index < -0.39 is 23.4 Å². The second-order valence-corrected chi connectivity index (χ2v) is 7.54. The third-order valence-corrected chi connectivity index (χ3v) is 4.09. The topological polar surface area (TPSA) is 57.6 Å². The molecule has 0 saturated carbocycles. The lowest BCUT2D eigenvalue weighted by Gasteiger charge is -2.39. The Morgan fingerprint density at radius 3 is 2.45 bits per heavy atom. The lowest BCUT2D eigenvalue weighted by Crippen LogP contribution is -2.51. The average Bonchev–Trinajstić information content (AvgIpc) is 2.53. The summed E-state index contributed by atoms with van der Waals surface area (Å²) in [5, 5.41) is 9.61. The van der Waals surface area contributed by atoms with E-state index in [9.17, 15) is 19.1 Å². The van der Waals surface area contributed by atoms with Gasteiger partial charge in [-0.2, -0.15) is 0 Å². The highest BCUT2D eigenvalue weighted by atomic mass is 19.1. The van der Waals surface area contributed by atoms with Crippen LogP contribution >= 0.6 is 0 Å². The van der Waals surface area contributed by atoms with E-state index in [1.807, 2.05) is 20.8 Å². The van der Waals surface area contributed by atoms with E-state index in [0.29, 0.717) is 17.5 Å². The molecule has 1 aromatic rings. The lowest BCUT2D eigenvalue weighted by molar-refractivity contribution is -0.145. The number of benzene rings is 1. The van der Waals surface area contributed by atoms with E-state index in [2.05, 4.69) is 0 Å². The van der Waals surface area contributed by atoms with Gasteiger partial charge in [0.15, 0.2) is 0 Å². The Labute approximate surface area is 129 Å². The summed E-state index contributed by atoms with van der Waals surface area (Å²) in [7, 11) is 0. The predicted octanol–water partition coefficient (Wildman–Crippen LogP) is 3.41. The zero-order chi connectivity index (χ0) is 16.9. The van der Waals surface area contributed by atoms with Crippen LogP contribution in [-0.2, 0) is 10.3 Å². The van der Waals surface area contributed by atoms with Crippen LogP contribution in [0.25, 0.3) is 0 Å². The second-order valence-electron chi connectivity index (χ2n) is 7.54. The van der Waals surface area contributed by atoms with Crippen molar-refractivity contribution in [3.63, 3.8) is 0 Å². The smallest absolute Gasteiger partial charge is 0.326 e. The molecule has 0 aliphatic carbocycles. The zero-order valence-corrected chi connectivity index (χ0v) is 13.6. The minimum absolute atomic E-state index is 0.251. The Kier molecular flexibility index (Phi) is 3.80. The number of amides is 1. The molecule has 22 heavy (non-hydrogen) atoms. The Balaban J connectivity index is 2.52. The molecule has 1 aliphatic rings. The van der Waals surface area contributed by atoms with Crippen molar-refractivity contribution in [2.75, 3.05) is 0 Å². The molecule has 120 valence electrons. The SMILES string of the molecule is CC(C)(C)C[C@@H](C(=O)O)N1C(=O)c2ccc(F)cc2C1(C)C. The van der Waals surface area contributed by atoms with Crippen molar-refractivity contribution in [2.45, 2.75) is 52.6 Å². The van der Waals surface area contributed by atoms with Gasteiger partial charge in [0.05, 0.1) is 5.54 Å². The highest BCUT2D eigenvalue weighted by Crippen LogP contribution is 2.42. The van der Waals surface area contributed by atoms with Crippen LogP contribution in [0.1, 0.15) is 57.0 Å². The molecule has 5 heteroatoms. The van der Waals surface area contributed by atoms with Crippen LogP contribution in [0.15, 0.2) is 18.2 Å². The number of rotatable bonds is 3. The first-order valence-corrected chi connectivity index (χ1v) is 7.31. The van der Waals surface area contributed by atoms with E-state index in [4.69, 9.17) is 0 Å². The van der Waals surface area contributed by atoms with Crippen molar-refractivity contribution in [1.29, 1.82) is 0 Å². The minimum Gasteiger partial charge on any atom is -0.480 e. The van der Waals surface area contributed by atoms with Gasteiger partial charge in [-0.3, -0.25) is 4.79 Å². The van der Waals surface area contributed by atoms with Crippen LogP contribution < -0.4 is 0 Å². The predicted molar refractivity (Wildman–Crippen MR) is 81.1 cm³/mol. The van der Waals surface area contributed by atoms with E-state index >= 15 is 0 Å². The van der Waals surface area contributed by atoms with Crippen LogP contribution in [0.3, 0.4) is 0 Å². The summed E-state index contributed by atoms with van der Waals surface area (Å²) in [4.78, 5) is 25.8. The third kappa shape index (κ3) is 2.72. The summed E-state index contributed by atoms with van der Waals surface area (Å²) in [5.74, 6) is -1.81. The fraction of sp³-hybridized carbons (Fsp3) is 0.529. The highest BCUT2D eigenvalue weighted by Gasteiger charge is 2.49. The standard InChI is InChI=1S/C17H22FNO3/c1-16(2,3)9-13(15(21)22)19-14(20)11-7-6-10(18)8-12(11)17(19,4)5/h6-8,13H,9H2,1-5H3,(H,21,22)/t13-/m0/s1. The number of aliphatic carboxylic acids is 1. The molecule has 0 radical (unpaired) electrons. The maximum atomic E-state index is 13.5. The molecular weight excluding hydrogens is 285 g/mol. The third-order valence-electron chi connectivity index (χ3n) is 4.09. The molecule has 1 heterocycles. The fourth-order valence-corrected chi connectivity index (χ4v) is 3.12. The first-order chi connectivity index (χ1) is 9.95. The first-order valence-electron chi connectivity index (χ1n) is 7.31. The molecule has 0 aromatic heterocycles. The van der Waals surface area contributed by atoms with E-state index in [1.165, 1.54) is 23.1 Å². The summed E-state index contributed by atoms with van der Waals surface area (Å²) >= 11 is 0. The molecule has 1 aliphatic heterocycles. The van der Waals surface area contributed by atoms with Gasteiger partial charge in [0, 0.05) is 5.56 Å². The van der Waals surface area contributed by atoms with Crippen LogP contribution in [0, 0.1) is 11.2 Å². The molecule has 0 bridgehead atoms. The quantitative estimate of drug-likeness (QED) is 0.931. The van der Waals surface area contributed by atoms with Gasteiger partial charge < -0.3 is 10.0 Å². The molecule has 0 unspecified atom stereocenters. The van der Waals surface area contributed by atoms with Gasteiger partial charge in [-0.05, 0) is 49.4 Å². The van der Waals surface area contributed by atoms with Crippen LogP contribution in [0.4, 0.5) is 4.39 Å². The van der Waals surface area contributed by atoms with Gasteiger partial charge in [0.25, 0.3) is 5.91 Å². The van der Waals surface area contributed by atoms with E-state index in [1.54, 1.807) is 13.8 Å². The molecular formula is C17H22FNO3. The second kappa shape index (κ2) is 5.07. The van der Waals surface area contributed by atoms with Crippen molar-refractivity contribution in [3.05, 3.63) is 35.1 Å². The summed E-state index contributed by atoms with van der Waals surface area (Å²) in [5.41, 5.74) is -0.188. The molecule has 1 amide bonds. The van der Waals surface area contributed by atoms with Gasteiger partial charge in [-0.15, -0.1) is 0 Å². The average molecular weight is 307 g/mol. The normalized spacial score (nSPS) is 18.3. The summed E-state index contributed by atoms with van der Waals surface area (Å²) in [6.45, 7) is 9.32. The van der Waals surface area contributed by atoms with Gasteiger partial charge in [-0.1, -0.05) is 20.8 Å². The molecule has 0 fully saturated rings. The van der Waals surface area contributed by atoms with Gasteiger partial charge >= 0.3 is 5.97 Å². The number of fused-ring (bicyclic) bond motifs is 1. The molecule has 0 spiro atoms. The Morgan fingerprint density at radius 2 is 1.95 bits per heavy atom. The maximum Gasteiger partial charge on any atom is 0.326 e. The Hall–Kier alpha value is -1.91. The van der Waals surface area contributed by atoms with Gasteiger partial charge in [-0.25, -0.2) is 9.18 Å². The molecule has 4 nitrogen and oxygen atoms in total. The lowest BCUT2D eigenvalue weighted by atomic mass is 9.85. The number of hydrogen-bond acceptors (Lipinski definition) is 2. The number of halogens is 1. The molecule has 0 saturated heterocycles. The van der Waals surface area contributed by atoms with E-state index in [-0.39, 0.29) is 11.3 Å². The number of carbonyl (C=O) groups excluding carboxylic acids is 1. The molecule has 1 atom stereocenters. The number of carbonyl (C=O) groups is 2. The largest absolute Gasteiger partial charge is 0.480 e. The van der Waals surface area contributed by atoms with Gasteiger partial charge in [0.2, 0.25) is 0 Å². The van der Waals surface area contributed by atoms with Crippen LogP contribution in [0.2, 0.25) is 0 Å². The maximum absolute atomic E-state index is 13.5. The molecule has 1 N–H and O–H groups in total. The summed E-state index contributed by atoms with van der Waals surface area (Å²) in [6.07, 6.45) is 0.327. The van der Waals surface area contributed by atoms with Crippen LogP contribution in [-0.4, -0.2) is 27.9 Å². The number of carboxylic acids is 1. The zero-order valence-electron chi connectivity index (χ0n) is 13.6. The monoisotopic (exact) mass is 307 g/mol. The van der Waals surface area contributed by atoms with Crippen molar-refractivity contribution in [1.82, 2.24) is 4.90 Å². The molecule has 2 rings (SSSR count). The summed E-state index contributed by atoms with van der Waals surface area (Å²) in [6, 6.07) is 3.04. The number of nitrogens with zero attached hydrogens (tertiary/aromatic N) is 1. The minimum atomic E-state index is -1.04. The van der Waals surface area contributed by atoms with Crippen molar-refractivity contribution in [2.24, 2.45) is 5.41 Å². The fourth-order valence-electron chi connectivity index (χ4n) is 3.12. The Bertz CT molecular complexity index is 631. The highest BCUT2D eigenvalue weighted by molar-refractivity contribution is 6.02. The Morgan fingerprint density at radius 1 is 1.36 bits per heavy atom. The van der Waals surface area contributed by atoms with Crippen molar-refractivity contribution < 1.29 is 19.1 Å². The van der Waals surface area contributed by atoms with E-state index in [0.717, 1.165) is 0 Å². The van der Waals surface area contributed by atoms with Gasteiger partial charge in [0.1, 0.15) is 11.9 Å². The van der Waals surface area contributed by atoms with Crippen molar-refractivity contribution >= 4 is 11.9 Å². The number of hydrogen-bond donors (Lipinski definition) is 1. The van der Waals surface area contributed by atoms with Crippen LogP contribution in [0.5, 0.6) is 0 Å². The first kappa shape index (κ1) is 16.5. The van der Waals surface area contributed by atoms with Crippen molar-refractivity contribution in [3.8, 4) is 0 Å². The number of carboxylic acid groups (broad SMARTS) is 1. The molecule has 1 aromatic carbocycles.